The van der Waals surface area contributed by atoms with Crippen LogP contribution in [0.2, 0.25) is 0 Å². The molecule has 3 heterocycles. The van der Waals surface area contributed by atoms with Crippen LogP contribution in [0.3, 0.4) is 0 Å². The van der Waals surface area contributed by atoms with Crippen molar-refractivity contribution in [3.63, 3.8) is 0 Å². The van der Waals surface area contributed by atoms with Crippen molar-refractivity contribution in [2.75, 3.05) is 26.3 Å². The smallest absolute Gasteiger partial charge is 0.227 e. The highest BCUT2D eigenvalue weighted by Crippen LogP contribution is 2.36. The molecule has 1 N–H and O–H groups in total. The molecule has 0 spiro atoms. The van der Waals surface area contributed by atoms with E-state index in [2.05, 4.69) is 53.3 Å². The molecule has 0 saturated carbocycles. The fraction of sp³-hybridized carbons (Fsp3) is 0.571. The highest BCUT2D eigenvalue weighted by Gasteiger charge is 2.40. The molecule has 1 aromatic carbocycles. The van der Waals surface area contributed by atoms with Gasteiger partial charge < -0.3 is 15.0 Å². The van der Waals surface area contributed by atoms with Gasteiger partial charge in [-0.05, 0) is 88.1 Å². The van der Waals surface area contributed by atoms with Crippen molar-refractivity contribution in [1.82, 2.24) is 15.2 Å². The highest BCUT2D eigenvalue weighted by atomic mass is 16.5. The largest absolute Gasteiger partial charge is 0.381 e. The summed E-state index contributed by atoms with van der Waals surface area (Å²) in [6.45, 7) is 10.7. The molecule has 4 rings (SSSR count). The van der Waals surface area contributed by atoms with Crippen molar-refractivity contribution in [3.8, 4) is 0 Å². The van der Waals surface area contributed by atoms with E-state index in [-0.39, 0.29) is 5.91 Å². The normalized spacial score (nSPS) is 21.2. The zero-order valence-corrected chi connectivity index (χ0v) is 20.5. The fourth-order valence-corrected chi connectivity index (χ4v) is 5.40. The molecule has 0 radical (unpaired) electrons. The van der Waals surface area contributed by atoms with Crippen LogP contribution in [0.4, 0.5) is 0 Å². The van der Waals surface area contributed by atoms with Crippen molar-refractivity contribution >= 4 is 5.91 Å². The van der Waals surface area contributed by atoms with Crippen molar-refractivity contribution in [3.05, 3.63) is 65.0 Å². The number of carbonyl (C=O) groups is 1. The Morgan fingerprint density at radius 1 is 1.24 bits per heavy atom. The van der Waals surface area contributed by atoms with E-state index in [0.29, 0.717) is 31.7 Å². The van der Waals surface area contributed by atoms with E-state index in [9.17, 15) is 4.79 Å². The number of benzene rings is 1. The molecule has 2 saturated heterocycles. The Bertz CT molecular complexity index is 936. The zero-order chi connectivity index (χ0) is 23.3. The Morgan fingerprint density at radius 2 is 2.06 bits per heavy atom. The third kappa shape index (κ3) is 5.82. The average molecular weight is 450 g/mol. The van der Waals surface area contributed by atoms with Gasteiger partial charge in [-0.1, -0.05) is 30.3 Å². The summed E-state index contributed by atoms with van der Waals surface area (Å²) in [6.07, 6.45) is 6.57. The van der Waals surface area contributed by atoms with E-state index in [1.165, 1.54) is 30.5 Å². The van der Waals surface area contributed by atoms with E-state index in [4.69, 9.17) is 4.74 Å². The molecular weight excluding hydrogens is 410 g/mol. The maximum Gasteiger partial charge on any atom is 0.227 e. The van der Waals surface area contributed by atoms with Gasteiger partial charge in [0.1, 0.15) is 0 Å². The third-order valence-electron chi connectivity index (χ3n) is 7.61. The van der Waals surface area contributed by atoms with E-state index in [0.717, 1.165) is 37.1 Å². The lowest BCUT2D eigenvalue weighted by molar-refractivity contribution is -0.136. The van der Waals surface area contributed by atoms with Crippen LogP contribution in [0.25, 0.3) is 0 Å². The maximum absolute atomic E-state index is 13.5. The Kier molecular flexibility index (Phi) is 7.82. The van der Waals surface area contributed by atoms with E-state index >= 15 is 0 Å². The van der Waals surface area contributed by atoms with Gasteiger partial charge in [0.25, 0.3) is 0 Å². The Hall–Kier alpha value is -2.24. The lowest BCUT2D eigenvalue weighted by atomic mass is 9.74. The molecule has 1 aromatic heterocycles. The first-order valence-electron chi connectivity index (χ1n) is 12.6. The molecule has 1 amide bonds. The minimum atomic E-state index is -0.421. The van der Waals surface area contributed by atoms with Gasteiger partial charge in [-0.2, -0.15) is 0 Å². The van der Waals surface area contributed by atoms with Crippen molar-refractivity contribution in [1.29, 1.82) is 0 Å². The first-order valence-corrected chi connectivity index (χ1v) is 12.6. The molecule has 33 heavy (non-hydrogen) atoms. The predicted molar refractivity (Wildman–Crippen MR) is 132 cm³/mol. The summed E-state index contributed by atoms with van der Waals surface area (Å²) in [4.78, 5) is 20.5. The molecule has 2 fully saturated rings. The van der Waals surface area contributed by atoms with Gasteiger partial charge in [-0.15, -0.1) is 0 Å². The van der Waals surface area contributed by atoms with E-state index in [1.807, 2.05) is 19.1 Å². The van der Waals surface area contributed by atoms with Gasteiger partial charge in [-0.3, -0.25) is 9.78 Å². The molecule has 2 aliphatic heterocycles. The number of nitrogens with one attached hydrogen (secondary N) is 1. The van der Waals surface area contributed by atoms with Gasteiger partial charge >= 0.3 is 0 Å². The van der Waals surface area contributed by atoms with Crippen LogP contribution in [-0.4, -0.2) is 48.1 Å². The Balaban J connectivity index is 1.48. The molecule has 5 nitrogen and oxygen atoms in total. The summed E-state index contributed by atoms with van der Waals surface area (Å²) in [6, 6.07) is 13.6. The molecule has 2 aliphatic rings. The van der Waals surface area contributed by atoms with E-state index < -0.39 is 5.41 Å². The summed E-state index contributed by atoms with van der Waals surface area (Å²) in [7, 11) is 0. The summed E-state index contributed by atoms with van der Waals surface area (Å²) in [5.74, 6) is 0.706. The number of likely N-dealkylation sites (tertiary alicyclic amines) is 1. The van der Waals surface area contributed by atoms with Crippen LogP contribution in [0.1, 0.15) is 67.8 Å². The first-order chi connectivity index (χ1) is 16.0. The van der Waals surface area contributed by atoms with Crippen LogP contribution in [0.15, 0.2) is 42.6 Å². The van der Waals surface area contributed by atoms with Gasteiger partial charge in [0.15, 0.2) is 0 Å². The first kappa shape index (κ1) is 23.9. The second kappa shape index (κ2) is 10.8. The number of amides is 1. The molecule has 0 bridgehead atoms. The van der Waals surface area contributed by atoms with Crippen molar-refractivity contribution in [2.45, 2.75) is 71.4 Å². The summed E-state index contributed by atoms with van der Waals surface area (Å²) in [5, 5.41) is 3.20. The molecule has 178 valence electrons. The van der Waals surface area contributed by atoms with Gasteiger partial charge in [0, 0.05) is 32.0 Å². The van der Waals surface area contributed by atoms with Gasteiger partial charge in [-0.25, -0.2) is 0 Å². The summed E-state index contributed by atoms with van der Waals surface area (Å²) < 4.78 is 5.65. The Labute approximate surface area is 198 Å². The number of carbonyl (C=O) groups excluding carboxylic acids is 1. The van der Waals surface area contributed by atoms with Crippen LogP contribution in [0.5, 0.6) is 0 Å². The minimum Gasteiger partial charge on any atom is -0.381 e. The number of hydrogen-bond donors (Lipinski definition) is 1. The number of ether oxygens (including phenoxy) is 1. The van der Waals surface area contributed by atoms with Crippen molar-refractivity contribution < 1.29 is 9.53 Å². The second-order valence-electron chi connectivity index (χ2n) is 10.2. The van der Waals surface area contributed by atoms with Crippen LogP contribution >= 0.6 is 0 Å². The van der Waals surface area contributed by atoms with Gasteiger partial charge in [0.2, 0.25) is 5.91 Å². The average Bonchev–Trinajstić information content (AvgIpc) is 2.84. The Morgan fingerprint density at radius 3 is 2.82 bits per heavy atom. The SMILES string of the molecule is Cc1cccnc1CNC(=O)C1(Cc2cccc([C@H]3CCCN(C(C)C)C3)c2)CCOCC1. The van der Waals surface area contributed by atoms with Crippen LogP contribution < -0.4 is 5.32 Å². The number of aryl methyl sites for hydroxylation is 1. The number of aromatic nitrogens is 1. The molecule has 0 unspecified atom stereocenters. The monoisotopic (exact) mass is 449 g/mol. The third-order valence-corrected chi connectivity index (χ3v) is 7.61. The minimum absolute atomic E-state index is 0.130. The highest BCUT2D eigenvalue weighted by molar-refractivity contribution is 5.83. The summed E-state index contributed by atoms with van der Waals surface area (Å²) >= 11 is 0. The quantitative estimate of drug-likeness (QED) is 0.669. The molecule has 0 aliphatic carbocycles. The fourth-order valence-electron chi connectivity index (χ4n) is 5.40. The van der Waals surface area contributed by atoms with Crippen molar-refractivity contribution in [2.24, 2.45) is 5.41 Å². The zero-order valence-electron chi connectivity index (χ0n) is 20.5. The maximum atomic E-state index is 13.5. The second-order valence-corrected chi connectivity index (χ2v) is 10.2. The summed E-state index contributed by atoms with van der Waals surface area (Å²) in [5.41, 5.74) is 4.30. The molecule has 1 atom stereocenters. The number of pyridine rings is 1. The number of piperidine rings is 1. The lowest BCUT2D eigenvalue weighted by Gasteiger charge is -2.37. The molecular formula is C28H39N3O2. The number of rotatable bonds is 7. The molecule has 2 aromatic rings. The lowest BCUT2D eigenvalue weighted by Crippen LogP contribution is -2.46. The number of hydrogen-bond acceptors (Lipinski definition) is 4. The standard InChI is InChI=1S/C28H39N3O2/c1-21(2)31-14-6-10-25(20-31)24-9-4-8-23(17-24)18-28(11-15-33-16-12-28)27(32)30-19-26-22(3)7-5-13-29-26/h4-5,7-9,13,17,21,25H,6,10-12,14-16,18-20H2,1-3H3,(H,30,32)/t25-/m0/s1. The van der Waals surface area contributed by atoms with E-state index in [1.54, 1.807) is 6.20 Å². The van der Waals surface area contributed by atoms with Crippen LogP contribution in [0, 0.1) is 12.3 Å². The predicted octanol–water partition coefficient (Wildman–Crippen LogP) is 4.63. The number of nitrogens with zero attached hydrogens (tertiary/aromatic N) is 2. The molecule has 5 heteroatoms. The van der Waals surface area contributed by atoms with Gasteiger partial charge in [0.05, 0.1) is 17.7 Å². The van der Waals surface area contributed by atoms with Crippen LogP contribution in [-0.2, 0) is 22.5 Å². The topological polar surface area (TPSA) is 54.5 Å².